The molecule has 0 aliphatic heterocycles. The van der Waals surface area contributed by atoms with Crippen LogP contribution < -0.4 is 20.7 Å². The van der Waals surface area contributed by atoms with Gasteiger partial charge in [-0.2, -0.15) is 5.10 Å². The first kappa shape index (κ1) is 31.2. The van der Waals surface area contributed by atoms with Crippen LogP contribution in [0.15, 0.2) is 79.1 Å². The summed E-state index contributed by atoms with van der Waals surface area (Å²) in [6, 6.07) is 19.6. The maximum atomic E-state index is 13.3. The zero-order valence-corrected chi connectivity index (χ0v) is 26.1. The Hall–Kier alpha value is -5.78. The van der Waals surface area contributed by atoms with Crippen molar-refractivity contribution < 1.29 is 24.2 Å². The molecule has 5 aromatic rings. The van der Waals surface area contributed by atoms with Gasteiger partial charge in [-0.1, -0.05) is 37.5 Å². The predicted octanol–water partition coefficient (Wildman–Crippen LogP) is 6.39. The first-order valence-corrected chi connectivity index (χ1v) is 15.5. The fourth-order valence-corrected chi connectivity index (χ4v) is 5.92. The van der Waals surface area contributed by atoms with Gasteiger partial charge < -0.3 is 20.5 Å². The van der Waals surface area contributed by atoms with Gasteiger partial charge in [-0.25, -0.2) is 19.4 Å². The number of fused-ring (bicyclic) bond motifs is 1. The minimum Gasteiger partial charge on any atom is -0.497 e. The number of carbonyl (C=O) groups excluding carboxylic acids is 2. The van der Waals surface area contributed by atoms with E-state index >= 15 is 0 Å². The molecule has 0 radical (unpaired) electrons. The number of aromatic nitrogens is 4. The topological polar surface area (TPSA) is 160 Å². The highest BCUT2D eigenvalue weighted by Crippen LogP contribution is 2.38. The number of carboxylic acid groups (broad SMARTS) is 1. The van der Waals surface area contributed by atoms with Crippen LogP contribution in [0.4, 0.5) is 16.4 Å². The molecule has 0 spiro atoms. The summed E-state index contributed by atoms with van der Waals surface area (Å²) in [5, 5.41) is 22.5. The lowest BCUT2D eigenvalue weighted by Gasteiger charge is -2.23. The molecule has 12 heteroatoms. The van der Waals surface area contributed by atoms with Crippen LogP contribution in [-0.4, -0.2) is 55.9 Å². The number of hydrogen-bond acceptors (Lipinski definition) is 7. The molecular weight excluding hydrogens is 598 g/mol. The number of methoxy groups -OCH3 is 1. The Morgan fingerprint density at radius 1 is 0.894 bits per heavy atom. The minimum absolute atomic E-state index is 0.0199. The summed E-state index contributed by atoms with van der Waals surface area (Å²) in [6.45, 7) is 1.63. The molecular formula is C35H35N7O5. The average molecular weight is 634 g/mol. The number of carbonyl (C=O) groups is 3. The van der Waals surface area contributed by atoms with Crippen molar-refractivity contribution in [2.75, 3.05) is 17.7 Å². The van der Waals surface area contributed by atoms with Crippen molar-refractivity contribution in [3.8, 4) is 22.6 Å². The van der Waals surface area contributed by atoms with Crippen LogP contribution in [0.1, 0.15) is 61.0 Å². The zero-order valence-electron chi connectivity index (χ0n) is 26.1. The lowest BCUT2D eigenvalue weighted by atomic mass is 9.85. The van der Waals surface area contributed by atoms with Gasteiger partial charge in [0.1, 0.15) is 11.8 Å². The van der Waals surface area contributed by atoms with E-state index in [2.05, 4.69) is 25.9 Å². The van der Waals surface area contributed by atoms with Crippen molar-refractivity contribution in [2.45, 2.75) is 51.0 Å². The summed E-state index contributed by atoms with van der Waals surface area (Å²) in [6.07, 6.45) is 7.56. The monoisotopic (exact) mass is 633 g/mol. The summed E-state index contributed by atoms with van der Waals surface area (Å²) in [5.74, 6) is 0.386. The SMILES string of the molecule is COc1ccc(-n2nc3cc(C(=O)N[C@H](C)C(=O)Nc4ccc(-c5cnc(NC(=O)O)nc5)cc4)ccc3c2C2CCCCC2)cc1. The van der Waals surface area contributed by atoms with Crippen molar-refractivity contribution >= 4 is 40.4 Å². The molecule has 2 heterocycles. The molecule has 12 nitrogen and oxygen atoms in total. The first-order chi connectivity index (χ1) is 22.8. The van der Waals surface area contributed by atoms with Crippen molar-refractivity contribution in [3.05, 3.63) is 90.4 Å². The van der Waals surface area contributed by atoms with E-state index in [1.54, 1.807) is 50.4 Å². The molecule has 240 valence electrons. The third kappa shape index (κ3) is 7.06. The lowest BCUT2D eigenvalue weighted by Crippen LogP contribution is -2.41. The van der Waals surface area contributed by atoms with E-state index < -0.39 is 12.1 Å². The Labute approximate surface area is 271 Å². The number of ether oxygens (including phenoxy) is 1. The molecule has 3 amide bonds. The number of amides is 3. The Bertz CT molecular complexity index is 1900. The average Bonchev–Trinajstić information content (AvgIpc) is 3.48. The third-order valence-corrected chi connectivity index (χ3v) is 8.38. The molecule has 1 aliphatic carbocycles. The standard InChI is InChI=1S/C35H35N7O5/c1-21(32(43)39-26-11-8-22(9-12-26)25-19-36-34(37-20-25)40-35(45)46)38-33(44)24-10-17-29-30(18-24)41-42(27-13-15-28(47-2)16-14-27)31(29)23-6-4-3-5-7-23/h8-21,23H,3-7H2,1-2H3,(H,38,44)(H,39,43)(H,45,46)(H,36,37,40)/t21-/m1/s1. The van der Waals surface area contributed by atoms with Crippen molar-refractivity contribution in [1.29, 1.82) is 0 Å². The highest BCUT2D eigenvalue weighted by molar-refractivity contribution is 6.02. The summed E-state index contributed by atoms with van der Waals surface area (Å²) in [5.41, 5.74) is 5.25. The molecule has 2 aromatic heterocycles. The Balaban J connectivity index is 1.14. The Kier molecular flexibility index (Phi) is 9.09. The molecule has 4 N–H and O–H groups in total. The van der Waals surface area contributed by atoms with E-state index in [4.69, 9.17) is 14.9 Å². The molecule has 1 atom stereocenters. The van der Waals surface area contributed by atoms with Crippen LogP contribution in [0.2, 0.25) is 0 Å². The number of benzene rings is 3. The van der Waals surface area contributed by atoms with E-state index in [9.17, 15) is 14.4 Å². The quantitative estimate of drug-likeness (QED) is 0.145. The number of nitrogens with zero attached hydrogens (tertiary/aromatic N) is 4. The van der Waals surface area contributed by atoms with Gasteiger partial charge in [0.05, 0.1) is 24.0 Å². The normalized spacial score (nSPS) is 13.9. The largest absolute Gasteiger partial charge is 0.497 e. The molecule has 1 aliphatic rings. The summed E-state index contributed by atoms with van der Waals surface area (Å²) >= 11 is 0. The van der Waals surface area contributed by atoms with Crippen LogP contribution in [-0.2, 0) is 4.79 Å². The van der Waals surface area contributed by atoms with Gasteiger partial charge in [-0.15, -0.1) is 0 Å². The zero-order chi connectivity index (χ0) is 32.9. The van der Waals surface area contributed by atoms with Crippen LogP contribution in [0.3, 0.4) is 0 Å². The van der Waals surface area contributed by atoms with Gasteiger partial charge >= 0.3 is 6.09 Å². The van der Waals surface area contributed by atoms with E-state index in [0.29, 0.717) is 22.7 Å². The smallest absolute Gasteiger partial charge is 0.411 e. The second-order valence-electron chi connectivity index (χ2n) is 11.5. The molecule has 1 saturated carbocycles. The van der Waals surface area contributed by atoms with Gasteiger partial charge in [-0.3, -0.25) is 14.9 Å². The number of anilines is 2. The summed E-state index contributed by atoms with van der Waals surface area (Å²) < 4.78 is 7.35. The van der Waals surface area contributed by atoms with Crippen LogP contribution in [0, 0.1) is 0 Å². The van der Waals surface area contributed by atoms with Crippen molar-refractivity contribution in [3.63, 3.8) is 0 Å². The fraction of sp³-hybridized carbons (Fsp3) is 0.257. The van der Waals surface area contributed by atoms with Gasteiger partial charge in [0, 0.05) is 40.5 Å². The molecule has 47 heavy (non-hydrogen) atoms. The van der Waals surface area contributed by atoms with Crippen LogP contribution >= 0.6 is 0 Å². The van der Waals surface area contributed by atoms with E-state index in [1.807, 2.05) is 35.0 Å². The second-order valence-corrected chi connectivity index (χ2v) is 11.5. The molecule has 6 rings (SSSR count). The Morgan fingerprint density at radius 3 is 2.26 bits per heavy atom. The maximum absolute atomic E-state index is 13.3. The van der Waals surface area contributed by atoms with Crippen molar-refractivity contribution in [1.82, 2.24) is 25.1 Å². The van der Waals surface area contributed by atoms with Gasteiger partial charge in [0.25, 0.3) is 5.91 Å². The van der Waals surface area contributed by atoms with E-state index in [1.165, 1.54) is 31.7 Å². The minimum atomic E-state index is -1.25. The number of rotatable bonds is 9. The van der Waals surface area contributed by atoms with Crippen LogP contribution in [0.25, 0.3) is 27.7 Å². The molecule has 0 saturated heterocycles. The Morgan fingerprint density at radius 2 is 1.60 bits per heavy atom. The lowest BCUT2D eigenvalue weighted by molar-refractivity contribution is -0.117. The van der Waals surface area contributed by atoms with E-state index in [0.717, 1.165) is 46.4 Å². The fourth-order valence-electron chi connectivity index (χ4n) is 5.92. The van der Waals surface area contributed by atoms with Gasteiger partial charge in [-0.05, 0) is 73.9 Å². The highest BCUT2D eigenvalue weighted by atomic mass is 16.5. The van der Waals surface area contributed by atoms with Gasteiger partial charge in [0.2, 0.25) is 11.9 Å². The van der Waals surface area contributed by atoms with Crippen LogP contribution in [0.5, 0.6) is 5.75 Å². The highest BCUT2D eigenvalue weighted by Gasteiger charge is 2.25. The third-order valence-electron chi connectivity index (χ3n) is 8.38. The molecule has 0 unspecified atom stereocenters. The predicted molar refractivity (Wildman–Crippen MR) is 178 cm³/mol. The van der Waals surface area contributed by atoms with E-state index in [-0.39, 0.29) is 17.8 Å². The second kappa shape index (κ2) is 13.7. The molecule has 1 fully saturated rings. The molecule has 3 aromatic carbocycles. The summed E-state index contributed by atoms with van der Waals surface area (Å²) in [4.78, 5) is 45.0. The maximum Gasteiger partial charge on any atom is 0.411 e. The van der Waals surface area contributed by atoms with Gasteiger partial charge in [0.15, 0.2) is 0 Å². The number of hydrogen-bond donors (Lipinski definition) is 4. The summed E-state index contributed by atoms with van der Waals surface area (Å²) in [7, 11) is 1.64. The first-order valence-electron chi connectivity index (χ1n) is 15.5. The molecule has 0 bridgehead atoms. The number of nitrogens with one attached hydrogen (secondary N) is 3. The van der Waals surface area contributed by atoms with Crippen molar-refractivity contribution in [2.24, 2.45) is 0 Å².